The zero-order valence-corrected chi connectivity index (χ0v) is 14.5. The van der Waals surface area contributed by atoms with Crippen molar-refractivity contribution in [1.82, 2.24) is 20.4 Å². The van der Waals surface area contributed by atoms with Crippen LogP contribution < -0.4 is 10.1 Å². The Morgan fingerprint density at radius 2 is 1.92 bits per heavy atom. The van der Waals surface area contributed by atoms with E-state index >= 15 is 0 Å². The van der Waals surface area contributed by atoms with Crippen molar-refractivity contribution in [3.05, 3.63) is 48.1 Å². The highest BCUT2D eigenvalue weighted by Crippen LogP contribution is 2.25. The molecule has 0 spiro atoms. The van der Waals surface area contributed by atoms with E-state index in [-0.39, 0.29) is 23.8 Å². The number of amides is 1. The second kappa shape index (κ2) is 7.11. The van der Waals surface area contributed by atoms with Gasteiger partial charge in [0, 0.05) is 18.4 Å². The summed E-state index contributed by atoms with van der Waals surface area (Å²) in [6, 6.07) is 7.48. The Hall–Kier alpha value is -2.96. The summed E-state index contributed by atoms with van der Waals surface area (Å²) in [6.07, 6.45) is 7.03. The number of ether oxygens (including phenoxy) is 1. The van der Waals surface area contributed by atoms with E-state index in [2.05, 4.69) is 20.4 Å². The highest BCUT2D eigenvalue weighted by molar-refractivity contribution is 6.02. The summed E-state index contributed by atoms with van der Waals surface area (Å²) >= 11 is 0. The molecular weight excluding hydrogens is 332 g/mol. The molecule has 1 N–H and O–H groups in total. The van der Waals surface area contributed by atoms with Crippen LogP contribution in [0.25, 0.3) is 11.0 Å². The fourth-order valence-electron chi connectivity index (χ4n) is 3.30. The molecule has 1 amide bonds. The van der Waals surface area contributed by atoms with E-state index in [0.29, 0.717) is 11.0 Å². The number of aryl methyl sites for hydroxylation is 1. The van der Waals surface area contributed by atoms with Crippen molar-refractivity contribution in [2.24, 2.45) is 0 Å². The topological polar surface area (TPSA) is 90.1 Å². The van der Waals surface area contributed by atoms with Crippen LogP contribution in [0.1, 0.15) is 41.9 Å². The lowest BCUT2D eigenvalue weighted by Gasteiger charge is -2.29. The molecule has 3 heterocycles. The molecule has 0 aliphatic heterocycles. The van der Waals surface area contributed by atoms with Crippen molar-refractivity contribution >= 4 is 16.9 Å². The van der Waals surface area contributed by atoms with Crippen LogP contribution in [0, 0.1) is 6.92 Å². The van der Waals surface area contributed by atoms with Crippen LogP contribution in [-0.4, -0.2) is 33.2 Å². The van der Waals surface area contributed by atoms with E-state index in [1.165, 1.54) is 0 Å². The Bertz CT molecular complexity index is 916. The Labute approximate surface area is 150 Å². The lowest BCUT2D eigenvalue weighted by molar-refractivity contribution is 0.0860. The van der Waals surface area contributed by atoms with Gasteiger partial charge in [0.15, 0.2) is 0 Å². The summed E-state index contributed by atoms with van der Waals surface area (Å²) < 4.78 is 11.2. The van der Waals surface area contributed by atoms with Crippen molar-refractivity contribution in [3.8, 4) is 5.75 Å². The van der Waals surface area contributed by atoms with E-state index in [4.69, 9.17) is 9.26 Å². The van der Waals surface area contributed by atoms with Gasteiger partial charge in [0.05, 0.1) is 17.2 Å². The zero-order chi connectivity index (χ0) is 17.9. The number of rotatable bonds is 4. The second-order valence-corrected chi connectivity index (χ2v) is 6.54. The van der Waals surface area contributed by atoms with Crippen molar-refractivity contribution in [3.63, 3.8) is 0 Å². The molecule has 3 aromatic heterocycles. The van der Waals surface area contributed by atoms with Crippen molar-refractivity contribution in [2.75, 3.05) is 0 Å². The maximum absolute atomic E-state index is 12.5. The predicted octanol–water partition coefficient (Wildman–Crippen LogP) is 3.05. The summed E-state index contributed by atoms with van der Waals surface area (Å²) in [5.41, 5.74) is 1.34. The number of carbonyl (C=O) groups is 1. The second-order valence-electron chi connectivity index (χ2n) is 6.54. The molecule has 0 atom stereocenters. The number of aromatic nitrogens is 3. The van der Waals surface area contributed by atoms with Gasteiger partial charge in [0.2, 0.25) is 11.4 Å². The molecule has 1 aliphatic carbocycles. The van der Waals surface area contributed by atoms with Gasteiger partial charge in [0.25, 0.3) is 5.91 Å². The van der Waals surface area contributed by atoms with Gasteiger partial charge < -0.3 is 14.6 Å². The molecule has 1 saturated carbocycles. The monoisotopic (exact) mass is 352 g/mol. The van der Waals surface area contributed by atoms with Gasteiger partial charge in [-0.15, -0.1) is 0 Å². The van der Waals surface area contributed by atoms with Crippen molar-refractivity contribution in [1.29, 1.82) is 0 Å². The molecule has 7 heteroatoms. The minimum Gasteiger partial charge on any atom is -0.489 e. The van der Waals surface area contributed by atoms with Gasteiger partial charge in [0.1, 0.15) is 5.75 Å². The van der Waals surface area contributed by atoms with E-state index < -0.39 is 0 Å². The highest BCUT2D eigenvalue weighted by Gasteiger charge is 2.26. The number of nitrogens with zero attached hydrogens (tertiary/aromatic N) is 3. The first-order valence-electron chi connectivity index (χ1n) is 8.80. The first-order chi connectivity index (χ1) is 12.7. The number of fused-ring (bicyclic) bond motifs is 1. The summed E-state index contributed by atoms with van der Waals surface area (Å²) in [7, 11) is 0. The molecule has 7 nitrogen and oxygen atoms in total. The van der Waals surface area contributed by atoms with Crippen molar-refractivity contribution < 1.29 is 14.1 Å². The maximum Gasteiger partial charge on any atom is 0.290 e. The van der Waals surface area contributed by atoms with Crippen LogP contribution in [0.5, 0.6) is 5.75 Å². The van der Waals surface area contributed by atoms with Gasteiger partial charge in [-0.3, -0.25) is 9.78 Å². The molecule has 1 fully saturated rings. The van der Waals surface area contributed by atoms with Crippen LogP contribution in [0.3, 0.4) is 0 Å². The minimum absolute atomic E-state index is 0.106. The number of hydrogen-bond donors (Lipinski definition) is 1. The zero-order valence-electron chi connectivity index (χ0n) is 14.5. The van der Waals surface area contributed by atoms with Gasteiger partial charge in [-0.05, 0) is 56.9 Å². The Kier molecular flexibility index (Phi) is 4.51. The van der Waals surface area contributed by atoms with Gasteiger partial charge in [-0.25, -0.2) is 4.98 Å². The molecule has 26 heavy (non-hydrogen) atoms. The maximum atomic E-state index is 12.5. The van der Waals surface area contributed by atoms with Crippen LogP contribution in [-0.2, 0) is 0 Å². The highest BCUT2D eigenvalue weighted by atomic mass is 16.5. The van der Waals surface area contributed by atoms with E-state index in [1.54, 1.807) is 24.5 Å². The third kappa shape index (κ3) is 3.37. The van der Waals surface area contributed by atoms with Crippen LogP contribution in [0.2, 0.25) is 0 Å². The largest absolute Gasteiger partial charge is 0.489 e. The van der Waals surface area contributed by atoms with E-state index in [1.807, 2.05) is 19.1 Å². The fourth-order valence-corrected chi connectivity index (χ4v) is 3.30. The van der Waals surface area contributed by atoms with Gasteiger partial charge in [-0.2, -0.15) is 0 Å². The summed E-state index contributed by atoms with van der Waals surface area (Å²) in [5, 5.41) is 7.50. The normalized spacial score (nSPS) is 20.0. The summed E-state index contributed by atoms with van der Waals surface area (Å²) in [5.74, 6) is 0.811. The first-order valence-corrected chi connectivity index (χ1v) is 8.80. The third-order valence-electron chi connectivity index (χ3n) is 4.72. The SMILES string of the molecule is Cc1ncccc1OC1CCC(NC(=O)c2onc3ncccc23)CC1. The number of pyridine rings is 2. The fraction of sp³-hybridized carbons (Fsp3) is 0.368. The quantitative estimate of drug-likeness (QED) is 0.776. The molecular formula is C19H20N4O3. The lowest BCUT2D eigenvalue weighted by atomic mass is 9.92. The van der Waals surface area contributed by atoms with Gasteiger partial charge >= 0.3 is 0 Å². The number of hydrogen-bond acceptors (Lipinski definition) is 6. The number of nitrogens with one attached hydrogen (secondary N) is 1. The molecule has 0 aromatic carbocycles. The molecule has 1 aliphatic rings. The summed E-state index contributed by atoms with van der Waals surface area (Å²) in [4.78, 5) is 20.8. The predicted molar refractivity (Wildman–Crippen MR) is 94.9 cm³/mol. The molecule has 134 valence electrons. The van der Waals surface area contributed by atoms with E-state index in [0.717, 1.165) is 37.1 Å². The Morgan fingerprint density at radius 3 is 2.73 bits per heavy atom. The number of carbonyl (C=O) groups excluding carboxylic acids is 1. The molecule has 0 saturated heterocycles. The molecule has 3 aromatic rings. The Morgan fingerprint density at radius 1 is 1.15 bits per heavy atom. The average molecular weight is 352 g/mol. The standard InChI is InChI=1S/C19H20N4O3/c1-12-16(5-3-10-20-12)25-14-8-6-13(7-9-14)22-19(24)17-15-4-2-11-21-18(15)23-26-17/h2-5,10-11,13-14H,6-9H2,1H3,(H,22,24). The first kappa shape index (κ1) is 16.5. The minimum atomic E-state index is -0.243. The molecule has 0 bridgehead atoms. The van der Waals surface area contributed by atoms with Crippen LogP contribution in [0.4, 0.5) is 0 Å². The molecule has 4 rings (SSSR count). The van der Waals surface area contributed by atoms with Gasteiger partial charge in [-0.1, -0.05) is 5.16 Å². The summed E-state index contributed by atoms with van der Waals surface area (Å²) in [6.45, 7) is 1.94. The average Bonchev–Trinajstić information content (AvgIpc) is 3.09. The Balaban J connectivity index is 1.34. The van der Waals surface area contributed by atoms with Crippen LogP contribution in [0.15, 0.2) is 41.2 Å². The molecule has 0 radical (unpaired) electrons. The third-order valence-corrected chi connectivity index (χ3v) is 4.72. The smallest absolute Gasteiger partial charge is 0.290 e. The van der Waals surface area contributed by atoms with Crippen molar-refractivity contribution in [2.45, 2.75) is 44.8 Å². The molecule has 0 unspecified atom stereocenters. The van der Waals surface area contributed by atoms with Crippen LogP contribution >= 0.6 is 0 Å². The van der Waals surface area contributed by atoms with E-state index in [9.17, 15) is 4.79 Å². The lowest BCUT2D eigenvalue weighted by Crippen LogP contribution is -2.39.